The van der Waals surface area contributed by atoms with Crippen LogP contribution in [0.5, 0.6) is 5.75 Å². The smallest absolute Gasteiger partial charge is 0.291 e. The Bertz CT molecular complexity index is 789. The van der Waals surface area contributed by atoms with Crippen LogP contribution in [0.1, 0.15) is 37.1 Å². The van der Waals surface area contributed by atoms with Crippen molar-refractivity contribution in [1.29, 1.82) is 0 Å². The lowest BCUT2D eigenvalue weighted by Crippen LogP contribution is -2.14. The van der Waals surface area contributed by atoms with Crippen molar-refractivity contribution >= 4 is 10.1 Å². The molecular formula is C21H29NO5S. The summed E-state index contributed by atoms with van der Waals surface area (Å²) < 4.78 is 38.6. The maximum absolute atomic E-state index is 11.5. The van der Waals surface area contributed by atoms with Crippen LogP contribution in [0.4, 0.5) is 0 Å². The van der Waals surface area contributed by atoms with Crippen molar-refractivity contribution in [2.45, 2.75) is 39.5 Å². The fourth-order valence-electron chi connectivity index (χ4n) is 2.52. The minimum atomic E-state index is -3.59. The molecule has 1 aromatic heterocycles. The second-order valence-corrected chi connectivity index (χ2v) is 7.93. The van der Waals surface area contributed by atoms with Crippen molar-refractivity contribution in [1.82, 2.24) is 4.98 Å². The van der Waals surface area contributed by atoms with Gasteiger partial charge in [0.2, 0.25) is 0 Å². The van der Waals surface area contributed by atoms with E-state index in [1.165, 1.54) is 5.56 Å². The van der Waals surface area contributed by atoms with Crippen molar-refractivity contribution in [2.24, 2.45) is 0 Å². The Morgan fingerprint density at radius 3 is 2.32 bits per heavy atom. The molecule has 0 aliphatic carbocycles. The molecule has 2 aromatic rings. The van der Waals surface area contributed by atoms with Gasteiger partial charge in [0.05, 0.1) is 13.2 Å². The molecule has 7 heteroatoms. The Morgan fingerprint density at radius 1 is 0.929 bits per heavy atom. The summed E-state index contributed by atoms with van der Waals surface area (Å²) in [6.45, 7) is 4.92. The zero-order valence-electron chi connectivity index (χ0n) is 16.6. The Kier molecular flexibility index (Phi) is 9.40. The van der Waals surface area contributed by atoms with Crippen LogP contribution in [0.15, 0.2) is 42.6 Å². The number of aromatic nitrogens is 1. The number of nitrogens with zero attached hydrogens (tertiary/aromatic N) is 1. The summed E-state index contributed by atoms with van der Waals surface area (Å²) in [7, 11) is -3.59. The van der Waals surface area contributed by atoms with Crippen molar-refractivity contribution < 1.29 is 22.1 Å². The lowest BCUT2D eigenvalue weighted by molar-refractivity contribution is 0.177. The Morgan fingerprint density at radius 2 is 1.68 bits per heavy atom. The highest BCUT2D eigenvalue weighted by atomic mass is 32.2. The molecule has 6 nitrogen and oxygen atoms in total. The molecule has 0 bridgehead atoms. The van der Waals surface area contributed by atoms with Gasteiger partial charge in [-0.1, -0.05) is 25.1 Å². The van der Waals surface area contributed by atoms with Crippen LogP contribution in [0, 0.1) is 0 Å². The fourth-order valence-corrected chi connectivity index (χ4v) is 3.33. The van der Waals surface area contributed by atoms with Gasteiger partial charge in [0, 0.05) is 24.9 Å². The van der Waals surface area contributed by atoms with E-state index >= 15 is 0 Å². The molecule has 28 heavy (non-hydrogen) atoms. The average molecular weight is 408 g/mol. The molecule has 0 aliphatic rings. The predicted octanol–water partition coefficient (Wildman–Crippen LogP) is 3.54. The number of rotatable bonds is 13. The maximum atomic E-state index is 11.5. The molecule has 0 radical (unpaired) electrons. The van der Waals surface area contributed by atoms with E-state index in [1.54, 1.807) is 6.92 Å². The Hall–Kier alpha value is -1.96. The molecular weight excluding hydrogens is 378 g/mol. The van der Waals surface area contributed by atoms with E-state index in [-0.39, 0.29) is 6.61 Å². The molecule has 0 N–H and O–H groups in total. The summed E-state index contributed by atoms with van der Waals surface area (Å²) in [5.41, 5.74) is 3.36. The second kappa shape index (κ2) is 11.8. The lowest BCUT2D eigenvalue weighted by Gasteiger charge is -2.08. The summed E-state index contributed by atoms with van der Waals surface area (Å²) in [5.74, 6) is 0.415. The number of benzene rings is 1. The largest absolute Gasteiger partial charge is 0.493 e. The van der Waals surface area contributed by atoms with E-state index in [4.69, 9.17) is 13.7 Å². The van der Waals surface area contributed by atoms with E-state index in [0.717, 1.165) is 36.3 Å². The van der Waals surface area contributed by atoms with Gasteiger partial charge in [0.15, 0.2) is 5.94 Å². The average Bonchev–Trinajstić information content (AvgIpc) is 2.71. The first-order valence-corrected chi connectivity index (χ1v) is 11.2. The van der Waals surface area contributed by atoms with Gasteiger partial charge < -0.3 is 9.47 Å². The second-order valence-electron chi connectivity index (χ2n) is 6.35. The van der Waals surface area contributed by atoms with Crippen LogP contribution in [0.3, 0.4) is 0 Å². The van der Waals surface area contributed by atoms with Crippen molar-refractivity contribution in [2.75, 3.05) is 25.8 Å². The Balaban J connectivity index is 1.66. The quantitative estimate of drug-likeness (QED) is 0.373. The molecule has 0 saturated heterocycles. The van der Waals surface area contributed by atoms with Gasteiger partial charge >= 0.3 is 0 Å². The molecule has 0 atom stereocenters. The molecule has 0 unspecified atom stereocenters. The van der Waals surface area contributed by atoms with Crippen LogP contribution in [0.25, 0.3) is 0 Å². The summed E-state index contributed by atoms with van der Waals surface area (Å²) >= 11 is 0. The van der Waals surface area contributed by atoms with Gasteiger partial charge in [-0.3, -0.25) is 9.17 Å². The van der Waals surface area contributed by atoms with Gasteiger partial charge in [-0.25, -0.2) is 0 Å². The number of hydrogen-bond donors (Lipinski definition) is 0. The maximum Gasteiger partial charge on any atom is 0.291 e. The van der Waals surface area contributed by atoms with Crippen LogP contribution in [0.2, 0.25) is 0 Å². The van der Waals surface area contributed by atoms with Crippen molar-refractivity contribution in [3.8, 4) is 5.75 Å². The molecule has 0 fully saturated rings. The summed E-state index contributed by atoms with van der Waals surface area (Å²) in [5, 5.41) is 0. The normalized spacial score (nSPS) is 11.5. The zero-order valence-corrected chi connectivity index (χ0v) is 17.4. The van der Waals surface area contributed by atoms with Crippen LogP contribution in [-0.4, -0.2) is 39.2 Å². The number of aryl methyl sites for hydroxylation is 2. The van der Waals surface area contributed by atoms with Crippen molar-refractivity contribution in [3.05, 3.63) is 59.4 Å². The zero-order chi connectivity index (χ0) is 20.2. The molecule has 0 spiro atoms. The third-order valence-corrected chi connectivity index (χ3v) is 5.13. The minimum absolute atomic E-state index is 0.150. The van der Waals surface area contributed by atoms with Gasteiger partial charge in [0.1, 0.15) is 5.75 Å². The molecule has 1 aromatic carbocycles. The fraction of sp³-hybridized carbons (Fsp3) is 0.476. The number of ether oxygens (including phenoxy) is 2. The van der Waals surface area contributed by atoms with Gasteiger partial charge in [-0.05, 0) is 55.5 Å². The van der Waals surface area contributed by atoms with E-state index in [0.29, 0.717) is 19.6 Å². The van der Waals surface area contributed by atoms with E-state index in [1.807, 2.05) is 36.5 Å². The minimum Gasteiger partial charge on any atom is -0.493 e. The molecule has 0 saturated carbocycles. The van der Waals surface area contributed by atoms with Crippen LogP contribution >= 0.6 is 0 Å². The van der Waals surface area contributed by atoms with E-state index in [2.05, 4.69) is 18.0 Å². The first kappa shape index (κ1) is 22.3. The summed E-state index contributed by atoms with van der Waals surface area (Å²) in [4.78, 5) is 4.43. The lowest BCUT2D eigenvalue weighted by atomic mass is 10.1. The van der Waals surface area contributed by atoms with E-state index in [9.17, 15) is 8.42 Å². The van der Waals surface area contributed by atoms with Crippen LogP contribution < -0.4 is 4.74 Å². The molecule has 154 valence electrons. The third-order valence-electron chi connectivity index (χ3n) is 4.15. The third kappa shape index (κ3) is 8.37. The highest BCUT2D eigenvalue weighted by Gasteiger charge is 2.10. The molecule has 0 aliphatic heterocycles. The van der Waals surface area contributed by atoms with Gasteiger partial charge in [-0.2, -0.15) is 8.42 Å². The first-order chi connectivity index (χ1) is 13.5. The summed E-state index contributed by atoms with van der Waals surface area (Å²) in [6.07, 6.45) is 5.02. The van der Waals surface area contributed by atoms with Crippen LogP contribution in [-0.2, 0) is 38.3 Å². The van der Waals surface area contributed by atoms with Gasteiger partial charge in [0.25, 0.3) is 10.1 Å². The standard InChI is InChI=1S/C21H29NO5S/c1-3-18-7-10-20(22-16-18)13-15-26-21-11-8-19(9-12-21)6-5-14-27-28(23,24)17-25-4-2/h7-12,16H,3-6,13-15,17H2,1-2H3. The molecule has 2 rings (SSSR count). The highest BCUT2D eigenvalue weighted by Crippen LogP contribution is 2.14. The van der Waals surface area contributed by atoms with Gasteiger partial charge in [-0.15, -0.1) is 0 Å². The topological polar surface area (TPSA) is 74.7 Å². The summed E-state index contributed by atoms with van der Waals surface area (Å²) in [6, 6.07) is 12.0. The number of pyridine rings is 1. The SMILES string of the molecule is CCOCS(=O)(=O)OCCCc1ccc(OCCc2ccc(CC)cn2)cc1. The molecule has 1 heterocycles. The van der Waals surface area contributed by atoms with E-state index < -0.39 is 16.1 Å². The Labute approximate surface area is 168 Å². The monoisotopic (exact) mass is 407 g/mol. The highest BCUT2D eigenvalue weighted by molar-refractivity contribution is 7.86. The number of hydrogen-bond acceptors (Lipinski definition) is 6. The van der Waals surface area contributed by atoms with Crippen molar-refractivity contribution in [3.63, 3.8) is 0 Å². The molecule has 0 amide bonds. The predicted molar refractivity (Wildman–Crippen MR) is 109 cm³/mol. The first-order valence-electron chi connectivity index (χ1n) is 9.62.